The minimum Gasteiger partial charge on any atom is -0.481 e. The maximum absolute atomic E-state index is 11.7. The third kappa shape index (κ3) is 3.57. The number of carbonyl (C=O) groups is 1. The predicted molar refractivity (Wildman–Crippen MR) is 80.4 cm³/mol. The Morgan fingerprint density at radius 3 is 2.64 bits per heavy atom. The average Bonchev–Trinajstić information content (AvgIpc) is 3.00. The molecule has 0 aliphatic rings. The van der Waals surface area contributed by atoms with Crippen LogP contribution in [0.1, 0.15) is 31.2 Å². The molecule has 8 heteroatoms. The summed E-state index contributed by atoms with van der Waals surface area (Å²) in [6, 6.07) is 3.78. The molecule has 0 aromatic carbocycles. The Kier molecular flexibility index (Phi) is 5.03. The van der Waals surface area contributed by atoms with Gasteiger partial charge in [0, 0.05) is 19.2 Å². The summed E-state index contributed by atoms with van der Waals surface area (Å²) in [5, 5.41) is 26.4. The van der Waals surface area contributed by atoms with Crippen molar-refractivity contribution in [2.45, 2.75) is 26.2 Å². The molecule has 0 aliphatic heterocycles. The van der Waals surface area contributed by atoms with Crippen molar-refractivity contribution >= 4 is 11.8 Å². The number of aromatic nitrogens is 5. The standard InChI is InChI=1S/C14H20N6O2/c1-8(2)12(14(21)22)10(13-17-19-20-18-13)6-9-4-5-11(15-3)16-7-9/h4-5,7-8,10,12H,6H2,1-3H3,(H,15,16)(H,21,22)(H,17,18,19,20)/t10-,12?/m0/s1. The molecule has 2 aromatic heterocycles. The molecular formula is C14H20N6O2. The van der Waals surface area contributed by atoms with Crippen molar-refractivity contribution in [2.75, 3.05) is 12.4 Å². The van der Waals surface area contributed by atoms with E-state index in [1.165, 1.54) is 0 Å². The molecule has 118 valence electrons. The summed E-state index contributed by atoms with van der Waals surface area (Å²) in [5.41, 5.74) is 0.931. The minimum atomic E-state index is -0.857. The summed E-state index contributed by atoms with van der Waals surface area (Å²) < 4.78 is 0. The molecule has 0 saturated heterocycles. The van der Waals surface area contributed by atoms with Gasteiger partial charge in [0.15, 0.2) is 5.82 Å². The van der Waals surface area contributed by atoms with E-state index in [1.54, 1.807) is 13.2 Å². The van der Waals surface area contributed by atoms with Crippen LogP contribution in [-0.4, -0.2) is 43.7 Å². The van der Waals surface area contributed by atoms with Gasteiger partial charge in [0.2, 0.25) is 0 Å². The maximum Gasteiger partial charge on any atom is 0.307 e. The summed E-state index contributed by atoms with van der Waals surface area (Å²) in [7, 11) is 1.79. The molecule has 2 atom stereocenters. The number of tetrazole rings is 1. The van der Waals surface area contributed by atoms with Gasteiger partial charge in [-0.05, 0) is 24.0 Å². The van der Waals surface area contributed by atoms with Gasteiger partial charge in [-0.15, -0.1) is 10.2 Å². The highest BCUT2D eigenvalue weighted by Gasteiger charge is 2.35. The highest BCUT2D eigenvalue weighted by molar-refractivity contribution is 5.71. The zero-order valence-electron chi connectivity index (χ0n) is 12.8. The molecule has 3 N–H and O–H groups in total. The third-order valence-electron chi connectivity index (χ3n) is 3.67. The molecule has 0 saturated carbocycles. The second-order valence-corrected chi connectivity index (χ2v) is 5.49. The van der Waals surface area contributed by atoms with Gasteiger partial charge in [-0.25, -0.2) is 4.98 Å². The molecule has 0 amide bonds. The van der Waals surface area contributed by atoms with Crippen molar-refractivity contribution in [3.8, 4) is 0 Å². The summed E-state index contributed by atoms with van der Waals surface area (Å²) in [6.45, 7) is 3.77. The molecule has 1 unspecified atom stereocenters. The maximum atomic E-state index is 11.7. The number of anilines is 1. The zero-order valence-corrected chi connectivity index (χ0v) is 12.8. The topological polar surface area (TPSA) is 117 Å². The van der Waals surface area contributed by atoms with Crippen LogP contribution in [0.4, 0.5) is 5.82 Å². The summed E-state index contributed by atoms with van der Waals surface area (Å²) >= 11 is 0. The molecule has 0 radical (unpaired) electrons. The van der Waals surface area contributed by atoms with Gasteiger partial charge in [-0.1, -0.05) is 25.1 Å². The average molecular weight is 304 g/mol. The van der Waals surface area contributed by atoms with Crippen molar-refractivity contribution in [1.29, 1.82) is 0 Å². The number of carboxylic acids is 1. The lowest BCUT2D eigenvalue weighted by Crippen LogP contribution is -2.29. The largest absolute Gasteiger partial charge is 0.481 e. The highest BCUT2D eigenvalue weighted by Crippen LogP contribution is 2.31. The molecule has 22 heavy (non-hydrogen) atoms. The normalized spacial score (nSPS) is 13.8. The van der Waals surface area contributed by atoms with Crippen LogP contribution in [0.25, 0.3) is 0 Å². The van der Waals surface area contributed by atoms with E-state index in [9.17, 15) is 9.90 Å². The SMILES string of the molecule is CNc1ccc(C[C@H](c2nn[nH]n2)C(C(=O)O)C(C)C)cn1. The first-order chi connectivity index (χ1) is 10.5. The molecule has 8 nitrogen and oxygen atoms in total. The Hall–Kier alpha value is -2.51. The van der Waals surface area contributed by atoms with Crippen LogP contribution in [0.3, 0.4) is 0 Å². The number of hydrogen-bond donors (Lipinski definition) is 3. The number of aliphatic carboxylic acids is 1. The lowest BCUT2D eigenvalue weighted by molar-refractivity contribution is -0.144. The number of carboxylic acid groups (broad SMARTS) is 1. The van der Waals surface area contributed by atoms with Gasteiger partial charge in [-0.3, -0.25) is 4.79 Å². The van der Waals surface area contributed by atoms with E-state index in [2.05, 4.69) is 30.9 Å². The van der Waals surface area contributed by atoms with Crippen LogP contribution < -0.4 is 5.32 Å². The van der Waals surface area contributed by atoms with Crippen LogP contribution in [0.2, 0.25) is 0 Å². The van der Waals surface area contributed by atoms with E-state index in [0.29, 0.717) is 12.2 Å². The second-order valence-electron chi connectivity index (χ2n) is 5.49. The van der Waals surface area contributed by atoms with Gasteiger partial charge in [0.25, 0.3) is 0 Å². The number of hydrogen-bond acceptors (Lipinski definition) is 6. The number of nitrogens with zero attached hydrogens (tertiary/aromatic N) is 4. The van der Waals surface area contributed by atoms with Gasteiger partial charge >= 0.3 is 5.97 Å². The fraction of sp³-hybridized carbons (Fsp3) is 0.500. The molecule has 0 bridgehead atoms. The van der Waals surface area contributed by atoms with Crippen molar-refractivity contribution in [2.24, 2.45) is 11.8 Å². The molecule has 0 spiro atoms. The van der Waals surface area contributed by atoms with Crippen molar-refractivity contribution in [3.63, 3.8) is 0 Å². The molecule has 2 rings (SSSR count). The van der Waals surface area contributed by atoms with Crippen molar-refractivity contribution in [3.05, 3.63) is 29.7 Å². The van der Waals surface area contributed by atoms with Crippen LogP contribution in [-0.2, 0) is 11.2 Å². The first-order valence-corrected chi connectivity index (χ1v) is 7.11. The van der Waals surface area contributed by atoms with Crippen LogP contribution >= 0.6 is 0 Å². The monoisotopic (exact) mass is 304 g/mol. The Balaban J connectivity index is 2.30. The van der Waals surface area contributed by atoms with Gasteiger partial charge in [-0.2, -0.15) is 5.21 Å². The van der Waals surface area contributed by atoms with Gasteiger partial charge < -0.3 is 10.4 Å². The highest BCUT2D eigenvalue weighted by atomic mass is 16.4. The first-order valence-electron chi connectivity index (χ1n) is 7.11. The van der Waals surface area contributed by atoms with E-state index in [1.807, 2.05) is 26.0 Å². The lowest BCUT2D eigenvalue weighted by Gasteiger charge is -2.24. The number of nitrogens with one attached hydrogen (secondary N) is 2. The number of rotatable bonds is 7. The Morgan fingerprint density at radius 1 is 1.41 bits per heavy atom. The number of aromatic amines is 1. The summed E-state index contributed by atoms with van der Waals surface area (Å²) in [6.07, 6.45) is 2.23. The number of H-pyrrole nitrogens is 1. The second kappa shape index (κ2) is 6.97. The molecular weight excluding hydrogens is 284 g/mol. The fourth-order valence-corrected chi connectivity index (χ4v) is 2.57. The van der Waals surface area contributed by atoms with Crippen LogP contribution in [0.15, 0.2) is 18.3 Å². The minimum absolute atomic E-state index is 0.0504. The van der Waals surface area contributed by atoms with E-state index >= 15 is 0 Å². The molecule has 0 fully saturated rings. The van der Waals surface area contributed by atoms with Crippen LogP contribution in [0.5, 0.6) is 0 Å². The van der Waals surface area contributed by atoms with Crippen molar-refractivity contribution in [1.82, 2.24) is 25.6 Å². The fourth-order valence-electron chi connectivity index (χ4n) is 2.57. The first kappa shape index (κ1) is 15.9. The van der Waals surface area contributed by atoms with Crippen LogP contribution in [0, 0.1) is 11.8 Å². The van der Waals surface area contributed by atoms with E-state index in [0.717, 1.165) is 11.4 Å². The Labute approximate surface area is 128 Å². The van der Waals surface area contributed by atoms with E-state index < -0.39 is 11.9 Å². The number of pyridine rings is 1. The van der Waals surface area contributed by atoms with Crippen molar-refractivity contribution < 1.29 is 9.90 Å². The molecule has 2 aromatic rings. The summed E-state index contributed by atoms with van der Waals surface area (Å²) in [5.74, 6) is -0.687. The quantitative estimate of drug-likeness (QED) is 0.706. The zero-order chi connectivity index (χ0) is 16.1. The smallest absolute Gasteiger partial charge is 0.307 e. The Morgan fingerprint density at radius 2 is 2.18 bits per heavy atom. The van der Waals surface area contributed by atoms with E-state index in [-0.39, 0.29) is 11.8 Å². The molecule has 2 heterocycles. The van der Waals surface area contributed by atoms with Gasteiger partial charge in [0.1, 0.15) is 5.82 Å². The van der Waals surface area contributed by atoms with E-state index in [4.69, 9.17) is 0 Å². The lowest BCUT2D eigenvalue weighted by atomic mass is 9.79. The summed E-state index contributed by atoms with van der Waals surface area (Å²) in [4.78, 5) is 15.9. The predicted octanol–water partition coefficient (Wildman–Crippen LogP) is 1.32. The Bertz CT molecular complexity index is 596. The van der Waals surface area contributed by atoms with Gasteiger partial charge in [0.05, 0.1) is 5.92 Å². The third-order valence-corrected chi connectivity index (χ3v) is 3.67. The molecule has 0 aliphatic carbocycles.